The zero-order valence-electron chi connectivity index (χ0n) is 13.4. The maximum atomic E-state index is 12.5. The number of benzene rings is 1. The first-order valence-corrected chi connectivity index (χ1v) is 7.64. The van der Waals surface area contributed by atoms with Gasteiger partial charge in [-0.3, -0.25) is 14.4 Å². The monoisotopic (exact) mass is 328 g/mol. The van der Waals surface area contributed by atoms with Gasteiger partial charge in [0.1, 0.15) is 11.2 Å². The number of aromatic nitrogens is 1. The molecule has 7 nitrogen and oxygen atoms in total. The maximum Gasteiger partial charge on any atom is 0.270 e. The van der Waals surface area contributed by atoms with Crippen molar-refractivity contribution in [3.8, 4) is 0 Å². The number of rotatable bonds is 7. The van der Waals surface area contributed by atoms with Crippen LogP contribution in [0.5, 0.6) is 0 Å². The molecule has 0 spiro atoms. The molecule has 0 saturated heterocycles. The van der Waals surface area contributed by atoms with E-state index in [2.05, 4.69) is 10.3 Å². The van der Waals surface area contributed by atoms with Crippen molar-refractivity contribution < 1.29 is 14.4 Å². The van der Waals surface area contributed by atoms with Gasteiger partial charge in [0, 0.05) is 5.39 Å². The van der Waals surface area contributed by atoms with Crippen LogP contribution in [0.15, 0.2) is 36.4 Å². The molecule has 1 heterocycles. The molecule has 1 aromatic carbocycles. The lowest BCUT2D eigenvalue weighted by molar-refractivity contribution is -0.129. The summed E-state index contributed by atoms with van der Waals surface area (Å²) >= 11 is 0. The van der Waals surface area contributed by atoms with E-state index in [1.165, 1.54) is 0 Å². The van der Waals surface area contributed by atoms with Crippen LogP contribution in [-0.2, 0) is 9.59 Å². The quantitative estimate of drug-likeness (QED) is 0.696. The van der Waals surface area contributed by atoms with Crippen LogP contribution < -0.4 is 16.8 Å². The summed E-state index contributed by atoms with van der Waals surface area (Å²) in [6.07, 6.45) is 0.405. The highest BCUT2D eigenvalue weighted by atomic mass is 16.2. The Morgan fingerprint density at radius 3 is 2.46 bits per heavy atom. The second kappa shape index (κ2) is 7.08. The molecule has 2 rings (SSSR count). The van der Waals surface area contributed by atoms with Crippen molar-refractivity contribution in [3.63, 3.8) is 0 Å². The summed E-state index contributed by atoms with van der Waals surface area (Å²) in [5.74, 6) is -2.08. The van der Waals surface area contributed by atoms with Crippen LogP contribution in [0.4, 0.5) is 0 Å². The van der Waals surface area contributed by atoms with Crippen molar-refractivity contribution in [1.82, 2.24) is 10.3 Å². The molecule has 5 N–H and O–H groups in total. The van der Waals surface area contributed by atoms with Crippen LogP contribution in [0.2, 0.25) is 0 Å². The van der Waals surface area contributed by atoms with Gasteiger partial charge in [0.05, 0.1) is 11.9 Å². The van der Waals surface area contributed by atoms with Crippen molar-refractivity contribution in [2.75, 3.05) is 0 Å². The van der Waals surface area contributed by atoms with E-state index in [0.29, 0.717) is 11.9 Å². The van der Waals surface area contributed by atoms with Crippen LogP contribution >= 0.6 is 0 Å². The van der Waals surface area contributed by atoms with Crippen molar-refractivity contribution in [3.05, 3.63) is 42.1 Å². The molecule has 0 radical (unpaired) electrons. The minimum atomic E-state index is -1.51. The van der Waals surface area contributed by atoms with Gasteiger partial charge in [-0.05, 0) is 18.6 Å². The molecule has 1 unspecified atom stereocenters. The summed E-state index contributed by atoms with van der Waals surface area (Å²) in [6, 6.07) is 10.7. The Morgan fingerprint density at radius 1 is 1.12 bits per heavy atom. The second-order valence-corrected chi connectivity index (χ2v) is 5.68. The Balaban J connectivity index is 2.34. The summed E-state index contributed by atoms with van der Waals surface area (Å²) in [5.41, 5.74) is 9.95. The minimum absolute atomic E-state index is 0.139. The molecule has 1 atom stereocenters. The summed E-state index contributed by atoms with van der Waals surface area (Å²) in [7, 11) is 0. The normalized spacial score (nSPS) is 13.2. The molecule has 2 aromatic rings. The van der Waals surface area contributed by atoms with Crippen molar-refractivity contribution >= 4 is 28.6 Å². The lowest BCUT2D eigenvalue weighted by Gasteiger charge is -2.30. The highest BCUT2D eigenvalue weighted by molar-refractivity contribution is 6.00. The number of fused-ring (bicyclic) bond motifs is 1. The van der Waals surface area contributed by atoms with E-state index in [1.807, 2.05) is 25.1 Å². The molecule has 7 heteroatoms. The first kappa shape index (κ1) is 17.4. The molecule has 1 aromatic heterocycles. The minimum Gasteiger partial charge on any atom is -0.370 e. The summed E-state index contributed by atoms with van der Waals surface area (Å²) in [5, 5.41) is 3.46. The van der Waals surface area contributed by atoms with Crippen LogP contribution in [0.1, 0.15) is 36.7 Å². The molecular formula is C17H20N4O3. The lowest BCUT2D eigenvalue weighted by Crippen LogP contribution is -2.59. The maximum absolute atomic E-state index is 12.5. The molecule has 0 saturated carbocycles. The van der Waals surface area contributed by atoms with Crippen molar-refractivity contribution in [2.45, 2.75) is 31.7 Å². The van der Waals surface area contributed by atoms with Gasteiger partial charge in [0.2, 0.25) is 11.8 Å². The largest absolute Gasteiger partial charge is 0.370 e. The first-order chi connectivity index (χ1) is 11.4. The number of carbonyl (C=O) groups is 3. The van der Waals surface area contributed by atoms with Crippen LogP contribution in [-0.4, -0.2) is 28.2 Å². The number of para-hydroxylation sites is 1. The Bertz CT molecular complexity index is 790. The van der Waals surface area contributed by atoms with Gasteiger partial charge in [-0.15, -0.1) is 0 Å². The van der Waals surface area contributed by atoms with Gasteiger partial charge in [-0.1, -0.05) is 37.6 Å². The zero-order chi connectivity index (χ0) is 17.7. The van der Waals surface area contributed by atoms with E-state index in [-0.39, 0.29) is 18.5 Å². The highest BCUT2D eigenvalue weighted by Crippen LogP contribution is 2.19. The number of nitrogens with two attached hydrogens (primary N) is 2. The zero-order valence-corrected chi connectivity index (χ0v) is 13.4. The molecule has 126 valence electrons. The molecule has 24 heavy (non-hydrogen) atoms. The van der Waals surface area contributed by atoms with E-state index < -0.39 is 23.3 Å². The second-order valence-electron chi connectivity index (χ2n) is 5.68. The lowest BCUT2D eigenvalue weighted by atomic mass is 9.88. The van der Waals surface area contributed by atoms with Crippen LogP contribution in [0, 0.1) is 0 Å². The fraction of sp³-hybridized carbons (Fsp3) is 0.294. The number of nitrogens with zero attached hydrogens (tertiary/aromatic N) is 1. The standard InChI is InChI=1S/C17H20N4O3/c1-2-9-17(16(19)24,10-14(18)22)21-15(23)13-8-7-11-5-3-4-6-12(11)20-13/h3-8H,2,9-10H2,1H3,(H2,18,22)(H2,19,24)(H,21,23). The third-order valence-electron chi connectivity index (χ3n) is 3.81. The molecule has 0 fully saturated rings. The van der Waals surface area contributed by atoms with Gasteiger partial charge in [-0.25, -0.2) is 4.98 Å². The molecule has 0 aliphatic heterocycles. The molecular weight excluding hydrogens is 308 g/mol. The summed E-state index contributed by atoms with van der Waals surface area (Å²) < 4.78 is 0. The van der Waals surface area contributed by atoms with Gasteiger partial charge in [-0.2, -0.15) is 0 Å². The summed E-state index contributed by atoms with van der Waals surface area (Å²) in [4.78, 5) is 40.0. The molecule has 0 aliphatic rings. The van der Waals surface area contributed by atoms with E-state index >= 15 is 0 Å². The van der Waals surface area contributed by atoms with Crippen molar-refractivity contribution in [1.29, 1.82) is 0 Å². The van der Waals surface area contributed by atoms with E-state index in [4.69, 9.17) is 11.5 Å². The topological polar surface area (TPSA) is 128 Å². The predicted molar refractivity (Wildman–Crippen MR) is 89.9 cm³/mol. The van der Waals surface area contributed by atoms with Gasteiger partial charge < -0.3 is 16.8 Å². The van der Waals surface area contributed by atoms with Crippen LogP contribution in [0.25, 0.3) is 10.9 Å². The van der Waals surface area contributed by atoms with Gasteiger partial charge in [0.15, 0.2) is 0 Å². The molecule has 3 amide bonds. The number of carbonyl (C=O) groups excluding carboxylic acids is 3. The fourth-order valence-corrected chi connectivity index (χ4v) is 2.67. The number of nitrogens with one attached hydrogen (secondary N) is 1. The van der Waals surface area contributed by atoms with Gasteiger partial charge >= 0.3 is 0 Å². The SMILES string of the molecule is CCCC(CC(N)=O)(NC(=O)c1ccc2ccccc2n1)C(N)=O. The van der Waals surface area contributed by atoms with Crippen molar-refractivity contribution in [2.24, 2.45) is 11.5 Å². The third kappa shape index (κ3) is 3.68. The Morgan fingerprint density at radius 2 is 1.83 bits per heavy atom. The fourth-order valence-electron chi connectivity index (χ4n) is 2.67. The molecule has 0 aliphatic carbocycles. The first-order valence-electron chi connectivity index (χ1n) is 7.64. The Labute approximate surface area is 139 Å². The average Bonchev–Trinajstić information content (AvgIpc) is 2.53. The van der Waals surface area contributed by atoms with E-state index in [1.54, 1.807) is 18.2 Å². The third-order valence-corrected chi connectivity index (χ3v) is 3.81. The summed E-state index contributed by atoms with van der Waals surface area (Å²) in [6.45, 7) is 1.82. The predicted octanol–water partition coefficient (Wildman–Crippen LogP) is 0.864. The number of pyridine rings is 1. The molecule has 0 bridgehead atoms. The number of primary amides is 2. The highest BCUT2D eigenvalue weighted by Gasteiger charge is 2.39. The Kier molecular flexibility index (Phi) is 5.13. The number of hydrogen-bond donors (Lipinski definition) is 3. The smallest absolute Gasteiger partial charge is 0.270 e. The average molecular weight is 328 g/mol. The number of amides is 3. The van der Waals surface area contributed by atoms with Crippen LogP contribution in [0.3, 0.4) is 0 Å². The van der Waals surface area contributed by atoms with E-state index in [0.717, 1.165) is 5.39 Å². The van der Waals surface area contributed by atoms with E-state index in [9.17, 15) is 14.4 Å². The Hall–Kier alpha value is -2.96. The van der Waals surface area contributed by atoms with Gasteiger partial charge in [0.25, 0.3) is 5.91 Å². The number of hydrogen-bond acceptors (Lipinski definition) is 4.